The largest absolute Gasteiger partial charge is 0.356 e. The zero-order valence-corrected chi connectivity index (χ0v) is 16.3. The summed E-state index contributed by atoms with van der Waals surface area (Å²) in [5.41, 5.74) is 1.92. The first kappa shape index (κ1) is 21.3. The summed E-state index contributed by atoms with van der Waals surface area (Å²) in [6, 6.07) is 4.67. The molecular weight excluding hydrogens is 446 g/mol. The van der Waals surface area contributed by atoms with Gasteiger partial charge in [-0.25, -0.2) is 9.37 Å². The molecule has 2 aromatic rings. The second-order valence-corrected chi connectivity index (χ2v) is 5.20. The highest BCUT2D eigenvalue weighted by atomic mass is 127. The monoisotopic (exact) mass is 467 g/mol. The molecule has 0 atom stereocenters. The van der Waals surface area contributed by atoms with E-state index in [1.165, 1.54) is 24.5 Å². The number of hydrogen-bond acceptors (Lipinski definition) is 2. The van der Waals surface area contributed by atoms with E-state index in [1.54, 1.807) is 13.1 Å². The SMILES string of the molecule is CN=C(NCCc1ccc(F)cc1C)NCc1nccn1C(F)F.I. The third-order valence-corrected chi connectivity index (χ3v) is 3.59. The number of aromatic nitrogens is 2. The Morgan fingerprint density at radius 3 is 2.72 bits per heavy atom. The molecule has 25 heavy (non-hydrogen) atoms. The summed E-state index contributed by atoms with van der Waals surface area (Å²) >= 11 is 0. The molecule has 0 spiro atoms. The van der Waals surface area contributed by atoms with Crippen molar-refractivity contribution in [1.29, 1.82) is 0 Å². The lowest BCUT2D eigenvalue weighted by atomic mass is 10.1. The number of imidazole rings is 1. The molecule has 1 aromatic heterocycles. The molecule has 1 aromatic carbocycles. The minimum atomic E-state index is -2.62. The summed E-state index contributed by atoms with van der Waals surface area (Å²) in [6.45, 7) is -0.0572. The van der Waals surface area contributed by atoms with Crippen molar-refractivity contribution in [1.82, 2.24) is 20.2 Å². The Labute approximate surface area is 161 Å². The van der Waals surface area contributed by atoms with Crippen LogP contribution in [-0.4, -0.2) is 29.1 Å². The number of halogens is 4. The third-order valence-electron chi connectivity index (χ3n) is 3.59. The van der Waals surface area contributed by atoms with Gasteiger partial charge in [-0.2, -0.15) is 8.78 Å². The Morgan fingerprint density at radius 2 is 2.08 bits per heavy atom. The topological polar surface area (TPSA) is 54.2 Å². The Hall–Kier alpha value is -1.78. The molecule has 9 heteroatoms. The highest BCUT2D eigenvalue weighted by molar-refractivity contribution is 14.0. The Bertz CT molecular complexity index is 703. The number of benzene rings is 1. The lowest BCUT2D eigenvalue weighted by Gasteiger charge is -2.13. The van der Waals surface area contributed by atoms with Gasteiger partial charge in [-0.15, -0.1) is 24.0 Å². The maximum atomic E-state index is 13.1. The molecule has 2 rings (SSSR count). The maximum Gasteiger partial charge on any atom is 0.319 e. The van der Waals surface area contributed by atoms with Crippen molar-refractivity contribution >= 4 is 29.9 Å². The van der Waals surface area contributed by atoms with Crippen LogP contribution in [0.4, 0.5) is 13.2 Å². The quantitative estimate of drug-likeness (QED) is 0.390. The van der Waals surface area contributed by atoms with Crippen LogP contribution in [0.3, 0.4) is 0 Å². The van der Waals surface area contributed by atoms with E-state index in [1.807, 2.05) is 6.92 Å². The lowest BCUT2D eigenvalue weighted by molar-refractivity contribution is 0.0668. The smallest absolute Gasteiger partial charge is 0.319 e. The van der Waals surface area contributed by atoms with Crippen molar-refractivity contribution in [3.63, 3.8) is 0 Å². The fourth-order valence-electron chi connectivity index (χ4n) is 2.30. The van der Waals surface area contributed by atoms with Crippen LogP contribution in [0.1, 0.15) is 23.5 Å². The maximum absolute atomic E-state index is 13.1. The first-order chi connectivity index (χ1) is 11.5. The average molecular weight is 467 g/mol. The predicted octanol–water partition coefficient (Wildman–Crippen LogP) is 3.25. The average Bonchev–Trinajstić information content (AvgIpc) is 3.01. The first-order valence-electron chi connectivity index (χ1n) is 7.50. The molecular formula is C16H21F3IN5. The van der Waals surface area contributed by atoms with Gasteiger partial charge >= 0.3 is 6.55 Å². The van der Waals surface area contributed by atoms with E-state index >= 15 is 0 Å². The van der Waals surface area contributed by atoms with E-state index in [9.17, 15) is 13.2 Å². The molecule has 2 N–H and O–H groups in total. The second-order valence-electron chi connectivity index (χ2n) is 5.20. The molecule has 5 nitrogen and oxygen atoms in total. The van der Waals surface area contributed by atoms with E-state index in [0.717, 1.165) is 15.7 Å². The van der Waals surface area contributed by atoms with Crippen molar-refractivity contribution < 1.29 is 13.2 Å². The van der Waals surface area contributed by atoms with Gasteiger partial charge in [-0.3, -0.25) is 9.56 Å². The minimum Gasteiger partial charge on any atom is -0.356 e. The van der Waals surface area contributed by atoms with Gasteiger partial charge < -0.3 is 10.6 Å². The highest BCUT2D eigenvalue weighted by Gasteiger charge is 2.11. The van der Waals surface area contributed by atoms with Gasteiger partial charge in [0.25, 0.3) is 0 Å². The van der Waals surface area contributed by atoms with Gasteiger partial charge in [0.15, 0.2) is 5.96 Å². The van der Waals surface area contributed by atoms with Crippen LogP contribution in [0.2, 0.25) is 0 Å². The standard InChI is InChI=1S/C16H20F3N5.HI/c1-11-9-13(17)4-3-12(11)5-6-22-16(20-2)23-10-14-21-7-8-24(14)15(18)19;/h3-4,7-9,15H,5-6,10H2,1-2H3,(H2,20,22,23);1H. The number of aliphatic imine (C=N–C) groups is 1. The summed E-state index contributed by atoms with van der Waals surface area (Å²) in [5, 5.41) is 6.03. The number of alkyl halides is 2. The Balaban J connectivity index is 0.00000312. The molecule has 0 saturated heterocycles. The highest BCUT2D eigenvalue weighted by Crippen LogP contribution is 2.12. The fourth-order valence-corrected chi connectivity index (χ4v) is 2.30. The van der Waals surface area contributed by atoms with Gasteiger partial charge in [-0.05, 0) is 36.6 Å². The summed E-state index contributed by atoms with van der Waals surface area (Å²) in [6.07, 6.45) is 3.25. The molecule has 0 saturated carbocycles. The second kappa shape index (κ2) is 10.3. The van der Waals surface area contributed by atoms with E-state index < -0.39 is 6.55 Å². The first-order valence-corrected chi connectivity index (χ1v) is 7.50. The molecule has 0 aliphatic rings. The van der Waals surface area contributed by atoms with Crippen molar-refractivity contribution in [2.45, 2.75) is 26.4 Å². The van der Waals surface area contributed by atoms with Crippen LogP contribution < -0.4 is 10.6 Å². The van der Waals surface area contributed by atoms with Gasteiger partial charge in [0.05, 0.1) is 6.54 Å². The van der Waals surface area contributed by atoms with E-state index in [0.29, 0.717) is 18.9 Å². The number of guanidine groups is 1. The lowest BCUT2D eigenvalue weighted by Crippen LogP contribution is -2.38. The number of nitrogens with zero attached hydrogens (tertiary/aromatic N) is 3. The van der Waals surface area contributed by atoms with Gasteiger partial charge in [-0.1, -0.05) is 6.07 Å². The summed E-state index contributed by atoms with van der Waals surface area (Å²) in [5.74, 6) is 0.456. The zero-order valence-electron chi connectivity index (χ0n) is 14.0. The van der Waals surface area contributed by atoms with Gasteiger partial charge in [0, 0.05) is 26.0 Å². The molecule has 0 aliphatic heterocycles. The molecule has 138 valence electrons. The minimum absolute atomic E-state index is 0. The van der Waals surface area contributed by atoms with Gasteiger partial charge in [0.1, 0.15) is 11.6 Å². The van der Waals surface area contributed by atoms with E-state index in [4.69, 9.17) is 0 Å². The number of aryl methyl sites for hydroxylation is 1. The molecule has 0 fully saturated rings. The molecule has 0 bridgehead atoms. The van der Waals surface area contributed by atoms with E-state index in [-0.39, 0.29) is 42.2 Å². The van der Waals surface area contributed by atoms with Crippen molar-refractivity contribution in [2.24, 2.45) is 4.99 Å². The van der Waals surface area contributed by atoms with Crippen LogP contribution in [-0.2, 0) is 13.0 Å². The van der Waals surface area contributed by atoms with Crippen molar-refractivity contribution in [3.05, 3.63) is 53.4 Å². The number of nitrogens with one attached hydrogen (secondary N) is 2. The van der Waals surface area contributed by atoms with Crippen LogP contribution in [0, 0.1) is 12.7 Å². The molecule has 1 heterocycles. The molecule has 0 aliphatic carbocycles. The number of hydrogen-bond donors (Lipinski definition) is 2. The van der Waals surface area contributed by atoms with Crippen molar-refractivity contribution in [3.8, 4) is 0 Å². The predicted molar refractivity (Wildman–Crippen MR) is 102 cm³/mol. The third kappa shape index (κ3) is 6.22. The summed E-state index contributed by atoms with van der Waals surface area (Å²) in [7, 11) is 1.60. The molecule has 0 radical (unpaired) electrons. The molecule has 0 unspecified atom stereocenters. The Morgan fingerprint density at radius 1 is 1.32 bits per heavy atom. The van der Waals surface area contributed by atoms with Crippen LogP contribution >= 0.6 is 24.0 Å². The van der Waals surface area contributed by atoms with Crippen molar-refractivity contribution in [2.75, 3.05) is 13.6 Å². The molecule has 0 amide bonds. The number of rotatable bonds is 6. The summed E-state index contributed by atoms with van der Waals surface area (Å²) < 4.78 is 39.4. The zero-order chi connectivity index (χ0) is 17.5. The van der Waals surface area contributed by atoms with Crippen LogP contribution in [0.15, 0.2) is 35.6 Å². The van der Waals surface area contributed by atoms with Crippen LogP contribution in [0.5, 0.6) is 0 Å². The van der Waals surface area contributed by atoms with Gasteiger partial charge in [0.2, 0.25) is 0 Å². The fraction of sp³-hybridized carbons (Fsp3) is 0.375. The van der Waals surface area contributed by atoms with Crippen LogP contribution in [0.25, 0.3) is 0 Å². The Kier molecular flexibility index (Phi) is 8.73. The van der Waals surface area contributed by atoms with E-state index in [2.05, 4.69) is 20.6 Å². The normalized spacial score (nSPS) is 11.4. The summed E-state index contributed by atoms with van der Waals surface area (Å²) in [4.78, 5) is 7.93.